The molecule has 1 aliphatic heterocycles. The van der Waals surface area contributed by atoms with Crippen molar-refractivity contribution >= 4 is 27.4 Å². The molecule has 1 aromatic heterocycles. The molecule has 5 rings (SSSR count). The van der Waals surface area contributed by atoms with E-state index < -0.39 is 0 Å². The molecule has 0 amide bonds. The summed E-state index contributed by atoms with van der Waals surface area (Å²) < 4.78 is 6.05. The Balaban J connectivity index is 1.27. The largest absolute Gasteiger partial charge is 0.354 e. The number of hydrogen-bond acceptors (Lipinski definition) is 4. The molecule has 0 spiro atoms. The fourth-order valence-corrected chi connectivity index (χ4v) is 5.10. The van der Waals surface area contributed by atoms with Gasteiger partial charge in [-0.25, -0.2) is 0 Å². The molecule has 4 heteroatoms. The Morgan fingerprint density at radius 3 is 2.80 bits per heavy atom. The molecule has 2 aromatic carbocycles. The van der Waals surface area contributed by atoms with Crippen LogP contribution < -0.4 is 4.90 Å². The molecular formula is C21H23N3S. The second-order valence-electron chi connectivity index (χ2n) is 7.24. The zero-order valence-corrected chi connectivity index (χ0v) is 15.2. The molecule has 1 atom stereocenters. The summed E-state index contributed by atoms with van der Waals surface area (Å²) in [5, 5.41) is 1.31. The van der Waals surface area contributed by atoms with Gasteiger partial charge in [-0.15, -0.1) is 0 Å². The van der Waals surface area contributed by atoms with Crippen molar-refractivity contribution < 1.29 is 0 Å². The van der Waals surface area contributed by atoms with Crippen LogP contribution in [-0.2, 0) is 6.42 Å². The number of benzene rings is 2. The second kappa shape index (κ2) is 6.43. The molecule has 3 aromatic rings. The molecule has 0 radical (unpaired) electrons. The van der Waals surface area contributed by atoms with Crippen LogP contribution in [0, 0.1) is 0 Å². The fourth-order valence-electron chi connectivity index (χ4n) is 4.30. The third-order valence-electron chi connectivity index (χ3n) is 5.69. The van der Waals surface area contributed by atoms with Gasteiger partial charge in [0.15, 0.2) is 0 Å². The Morgan fingerprint density at radius 2 is 1.84 bits per heavy atom. The van der Waals surface area contributed by atoms with Crippen molar-refractivity contribution in [3.8, 4) is 0 Å². The first-order valence-electron chi connectivity index (χ1n) is 9.28. The number of rotatable bonds is 3. The molecule has 0 bridgehead atoms. The van der Waals surface area contributed by atoms with E-state index >= 15 is 0 Å². The standard InChI is InChI=1S/C21H23N3S/c1-2-7-18-16(6-1)14-17(18)15-23-10-5-11-24(13-12-23)21-19-8-3-4-9-20(19)25-22-21/h1-4,6-9,17H,5,10-15H2/t17-/m0/s1. The van der Waals surface area contributed by atoms with E-state index in [4.69, 9.17) is 4.37 Å². The van der Waals surface area contributed by atoms with Gasteiger partial charge in [0.05, 0.1) is 4.70 Å². The highest BCUT2D eigenvalue weighted by Crippen LogP contribution is 2.35. The predicted molar refractivity (Wildman–Crippen MR) is 106 cm³/mol. The van der Waals surface area contributed by atoms with Gasteiger partial charge in [-0.1, -0.05) is 36.4 Å². The number of fused-ring (bicyclic) bond motifs is 2. The summed E-state index contributed by atoms with van der Waals surface area (Å²) in [4.78, 5) is 5.16. The molecule has 1 saturated heterocycles. The predicted octanol–water partition coefficient (Wildman–Crippen LogP) is 4.15. The minimum absolute atomic E-state index is 0.739. The number of aromatic nitrogens is 1. The first kappa shape index (κ1) is 15.4. The van der Waals surface area contributed by atoms with Gasteiger partial charge in [0.25, 0.3) is 0 Å². The summed E-state index contributed by atoms with van der Waals surface area (Å²) in [6.07, 6.45) is 2.48. The average Bonchev–Trinajstić information content (AvgIpc) is 2.92. The molecule has 3 nitrogen and oxygen atoms in total. The molecule has 0 unspecified atom stereocenters. The van der Waals surface area contributed by atoms with E-state index in [0.717, 1.165) is 25.6 Å². The van der Waals surface area contributed by atoms with Crippen LogP contribution >= 0.6 is 11.5 Å². The highest BCUT2D eigenvalue weighted by molar-refractivity contribution is 7.13. The van der Waals surface area contributed by atoms with Gasteiger partial charge in [-0.05, 0) is 54.2 Å². The lowest BCUT2D eigenvalue weighted by Gasteiger charge is -2.34. The lowest BCUT2D eigenvalue weighted by Crippen LogP contribution is -2.36. The maximum atomic E-state index is 4.75. The number of anilines is 1. The Morgan fingerprint density at radius 1 is 0.960 bits per heavy atom. The van der Waals surface area contributed by atoms with Crippen molar-refractivity contribution in [3.05, 3.63) is 59.7 Å². The van der Waals surface area contributed by atoms with Gasteiger partial charge in [-0.3, -0.25) is 0 Å². The lowest BCUT2D eigenvalue weighted by atomic mass is 9.77. The SMILES string of the molecule is c1ccc2c(c1)C[C@H]2CN1CCCN(c2nsc3ccccc23)CC1. The zero-order chi connectivity index (χ0) is 16.6. The molecule has 25 heavy (non-hydrogen) atoms. The molecule has 0 saturated carbocycles. The first-order chi connectivity index (χ1) is 12.4. The van der Waals surface area contributed by atoms with Crippen molar-refractivity contribution in [2.24, 2.45) is 0 Å². The van der Waals surface area contributed by atoms with E-state index in [-0.39, 0.29) is 0 Å². The van der Waals surface area contributed by atoms with E-state index in [2.05, 4.69) is 58.3 Å². The smallest absolute Gasteiger partial charge is 0.150 e. The first-order valence-corrected chi connectivity index (χ1v) is 10.1. The average molecular weight is 350 g/mol. The van der Waals surface area contributed by atoms with Gasteiger partial charge in [-0.2, -0.15) is 4.37 Å². The normalized spacial score (nSPS) is 21.0. The van der Waals surface area contributed by atoms with E-state index in [1.54, 1.807) is 22.7 Å². The molecule has 0 N–H and O–H groups in total. The van der Waals surface area contributed by atoms with Crippen LogP contribution in [-0.4, -0.2) is 42.0 Å². The summed E-state index contributed by atoms with van der Waals surface area (Å²) in [6.45, 7) is 5.76. The lowest BCUT2D eigenvalue weighted by molar-refractivity contribution is 0.264. The van der Waals surface area contributed by atoms with Gasteiger partial charge < -0.3 is 9.80 Å². The maximum absolute atomic E-state index is 4.75. The van der Waals surface area contributed by atoms with Crippen LogP contribution in [0.15, 0.2) is 48.5 Å². The molecule has 1 aliphatic carbocycles. The van der Waals surface area contributed by atoms with Gasteiger partial charge in [0, 0.05) is 37.5 Å². The monoisotopic (exact) mass is 349 g/mol. The van der Waals surface area contributed by atoms with E-state index in [0.29, 0.717) is 0 Å². The van der Waals surface area contributed by atoms with Gasteiger partial charge in [0.2, 0.25) is 0 Å². The van der Waals surface area contributed by atoms with Crippen molar-refractivity contribution in [1.82, 2.24) is 9.27 Å². The highest BCUT2D eigenvalue weighted by Gasteiger charge is 2.28. The topological polar surface area (TPSA) is 19.4 Å². The third-order valence-corrected chi connectivity index (χ3v) is 6.50. The number of nitrogens with zero attached hydrogens (tertiary/aromatic N) is 3. The minimum atomic E-state index is 0.739. The van der Waals surface area contributed by atoms with Crippen LogP contribution in [0.25, 0.3) is 10.1 Å². The maximum Gasteiger partial charge on any atom is 0.150 e. The Bertz CT molecular complexity index is 887. The fraction of sp³-hybridized carbons (Fsp3) is 0.381. The van der Waals surface area contributed by atoms with Crippen LogP contribution in [0.3, 0.4) is 0 Å². The van der Waals surface area contributed by atoms with Crippen molar-refractivity contribution in [3.63, 3.8) is 0 Å². The summed E-state index contributed by atoms with van der Waals surface area (Å²) in [5.74, 6) is 1.93. The molecule has 2 aliphatic rings. The summed E-state index contributed by atoms with van der Waals surface area (Å²) in [5.41, 5.74) is 3.13. The van der Waals surface area contributed by atoms with Crippen molar-refractivity contribution in [2.75, 3.05) is 37.6 Å². The van der Waals surface area contributed by atoms with Gasteiger partial charge >= 0.3 is 0 Å². The molecular weight excluding hydrogens is 326 g/mol. The molecule has 1 fully saturated rings. The van der Waals surface area contributed by atoms with Crippen LogP contribution in [0.4, 0.5) is 5.82 Å². The van der Waals surface area contributed by atoms with Crippen molar-refractivity contribution in [1.29, 1.82) is 0 Å². The summed E-state index contributed by atoms with van der Waals surface area (Å²) in [7, 11) is 0. The zero-order valence-electron chi connectivity index (χ0n) is 14.4. The minimum Gasteiger partial charge on any atom is -0.354 e. The highest BCUT2D eigenvalue weighted by atomic mass is 32.1. The molecule has 2 heterocycles. The van der Waals surface area contributed by atoms with E-state index in [1.807, 2.05) is 0 Å². The third kappa shape index (κ3) is 2.83. The Labute approximate surface area is 153 Å². The van der Waals surface area contributed by atoms with E-state index in [1.165, 1.54) is 41.8 Å². The van der Waals surface area contributed by atoms with Crippen LogP contribution in [0.5, 0.6) is 0 Å². The Kier molecular flexibility index (Phi) is 3.95. The quantitative estimate of drug-likeness (QED) is 0.708. The van der Waals surface area contributed by atoms with Gasteiger partial charge in [0.1, 0.15) is 5.82 Å². The van der Waals surface area contributed by atoms with Crippen LogP contribution in [0.2, 0.25) is 0 Å². The summed E-state index contributed by atoms with van der Waals surface area (Å²) in [6, 6.07) is 17.6. The van der Waals surface area contributed by atoms with E-state index in [9.17, 15) is 0 Å². The second-order valence-corrected chi connectivity index (χ2v) is 8.05. The van der Waals surface area contributed by atoms with Crippen molar-refractivity contribution in [2.45, 2.75) is 18.8 Å². The molecule has 128 valence electrons. The Hall–Kier alpha value is -1.91. The summed E-state index contributed by atoms with van der Waals surface area (Å²) >= 11 is 1.63. The number of hydrogen-bond donors (Lipinski definition) is 0. The van der Waals surface area contributed by atoms with Crippen LogP contribution in [0.1, 0.15) is 23.5 Å².